The molecule has 3 aromatic carbocycles. The number of anilines is 1. The van der Waals surface area contributed by atoms with Crippen LogP contribution in [-0.4, -0.2) is 52.2 Å². The van der Waals surface area contributed by atoms with Gasteiger partial charge in [0.2, 0.25) is 5.91 Å². The van der Waals surface area contributed by atoms with Gasteiger partial charge in [0.15, 0.2) is 0 Å². The van der Waals surface area contributed by atoms with Gasteiger partial charge in [-0.3, -0.25) is 9.59 Å². The molecule has 230 valence electrons. The molecule has 9 nitrogen and oxygen atoms in total. The molecule has 3 N–H and O–H groups in total. The minimum Gasteiger partial charge on any atom is -0.508 e. The first-order valence-electron chi connectivity index (χ1n) is 14.2. The van der Waals surface area contributed by atoms with Crippen molar-refractivity contribution in [3.63, 3.8) is 0 Å². The molecule has 2 unspecified atom stereocenters. The number of phenols is 1. The molecule has 2 atom stereocenters. The highest BCUT2D eigenvalue weighted by Crippen LogP contribution is 2.33. The van der Waals surface area contributed by atoms with Crippen molar-refractivity contribution in [2.24, 2.45) is 0 Å². The van der Waals surface area contributed by atoms with Crippen LogP contribution in [0.4, 0.5) is 10.5 Å². The van der Waals surface area contributed by atoms with Crippen molar-refractivity contribution in [3.8, 4) is 11.5 Å². The van der Waals surface area contributed by atoms with Gasteiger partial charge in [-0.05, 0) is 102 Å². The fraction of sp³-hybridized carbons (Fsp3) is 0.382. The summed E-state index contributed by atoms with van der Waals surface area (Å²) in [6.07, 6.45) is -0.567. The zero-order valence-corrected chi connectivity index (χ0v) is 26.2. The molecule has 0 aliphatic heterocycles. The van der Waals surface area contributed by atoms with Crippen LogP contribution in [0.3, 0.4) is 0 Å². The number of ether oxygens (including phenoxy) is 2. The standard InChI is InChI=1S/C34H43N3O6/c1-22-20-24(14-19-28(22)38)29(30(39)35-25-15-17-26(42-8)18-16-25)37(33(2,3)4)31(40)27(21-23-12-10-9-11-13-23)36-32(41)43-34(5,6)7/h9-20,27,29,38H,21H2,1-8H3,(H,35,39)(H,36,41). The average Bonchev–Trinajstić information content (AvgIpc) is 2.92. The Morgan fingerprint density at radius 1 is 0.907 bits per heavy atom. The van der Waals surface area contributed by atoms with E-state index in [1.54, 1.807) is 71.2 Å². The number of methoxy groups -OCH3 is 1. The summed E-state index contributed by atoms with van der Waals surface area (Å²) in [4.78, 5) is 43.2. The van der Waals surface area contributed by atoms with Crippen molar-refractivity contribution >= 4 is 23.6 Å². The Morgan fingerprint density at radius 3 is 2.07 bits per heavy atom. The first kappa shape index (κ1) is 33.0. The van der Waals surface area contributed by atoms with E-state index in [-0.39, 0.29) is 12.2 Å². The molecule has 0 saturated heterocycles. The number of aromatic hydroxyl groups is 1. The Balaban J connectivity index is 2.11. The van der Waals surface area contributed by atoms with Gasteiger partial charge in [-0.1, -0.05) is 36.4 Å². The summed E-state index contributed by atoms with van der Waals surface area (Å²) in [5.41, 5.74) is 0.730. The van der Waals surface area contributed by atoms with Gasteiger partial charge in [0.25, 0.3) is 5.91 Å². The lowest BCUT2D eigenvalue weighted by atomic mass is 9.93. The second-order valence-electron chi connectivity index (χ2n) is 12.4. The summed E-state index contributed by atoms with van der Waals surface area (Å²) < 4.78 is 10.7. The molecule has 9 heteroatoms. The molecule has 0 aliphatic carbocycles. The Kier molecular flexibility index (Phi) is 10.5. The van der Waals surface area contributed by atoms with E-state index in [4.69, 9.17) is 9.47 Å². The van der Waals surface area contributed by atoms with Gasteiger partial charge >= 0.3 is 6.09 Å². The third kappa shape index (κ3) is 9.23. The molecule has 3 amide bonds. The predicted octanol–water partition coefficient (Wildman–Crippen LogP) is 6.15. The summed E-state index contributed by atoms with van der Waals surface area (Å²) in [5, 5.41) is 15.9. The van der Waals surface area contributed by atoms with Crippen LogP contribution in [0.1, 0.15) is 64.3 Å². The normalized spacial score (nSPS) is 12.9. The molecule has 0 bridgehead atoms. The van der Waals surface area contributed by atoms with Gasteiger partial charge in [0.1, 0.15) is 29.2 Å². The first-order chi connectivity index (χ1) is 20.1. The minimum absolute atomic E-state index is 0.0697. The second kappa shape index (κ2) is 13.6. The summed E-state index contributed by atoms with van der Waals surface area (Å²) >= 11 is 0. The van der Waals surface area contributed by atoms with Crippen molar-refractivity contribution < 1.29 is 29.0 Å². The van der Waals surface area contributed by atoms with Crippen LogP contribution in [0.2, 0.25) is 0 Å². The Hall–Kier alpha value is -4.53. The molecule has 3 aromatic rings. The van der Waals surface area contributed by atoms with E-state index in [9.17, 15) is 19.5 Å². The third-order valence-electron chi connectivity index (χ3n) is 6.63. The van der Waals surface area contributed by atoms with Crippen molar-refractivity contribution in [2.75, 3.05) is 12.4 Å². The van der Waals surface area contributed by atoms with Crippen LogP contribution in [0.25, 0.3) is 0 Å². The SMILES string of the molecule is COc1ccc(NC(=O)C(c2ccc(O)c(C)c2)N(C(=O)C(Cc2ccccc2)NC(=O)OC(C)(C)C)C(C)(C)C)cc1. The highest BCUT2D eigenvalue weighted by Gasteiger charge is 2.42. The van der Waals surface area contributed by atoms with Gasteiger partial charge in [0, 0.05) is 17.6 Å². The van der Waals surface area contributed by atoms with Gasteiger partial charge in [-0.2, -0.15) is 0 Å². The van der Waals surface area contributed by atoms with E-state index in [1.165, 1.54) is 11.0 Å². The van der Waals surface area contributed by atoms with Crippen molar-refractivity contribution in [1.29, 1.82) is 0 Å². The number of nitrogens with one attached hydrogen (secondary N) is 2. The molecule has 0 saturated carbocycles. The number of alkyl carbamates (subject to hydrolysis) is 1. The number of nitrogens with zero attached hydrogens (tertiary/aromatic N) is 1. The highest BCUT2D eigenvalue weighted by atomic mass is 16.6. The molecule has 0 aromatic heterocycles. The number of phenolic OH excluding ortho intramolecular Hbond substituents is 1. The smallest absolute Gasteiger partial charge is 0.408 e. The Morgan fingerprint density at radius 2 is 1.53 bits per heavy atom. The van der Waals surface area contributed by atoms with E-state index < -0.39 is 41.1 Å². The van der Waals surface area contributed by atoms with Crippen molar-refractivity contribution in [3.05, 3.63) is 89.5 Å². The maximum Gasteiger partial charge on any atom is 0.408 e. The summed E-state index contributed by atoms with van der Waals surface area (Å²) in [7, 11) is 1.56. The average molecular weight is 590 g/mol. The predicted molar refractivity (Wildman–Crippen MR) is 167 cm³/mol. The maximum absolute atomic E-state index is 14.6. The second-order valence-corrected chi connectivity index (χ2v) is 12.4. The molecule has 3 rings (SSSR count). The zero-order valence-electron chi connectivity index (χ0n) is 26.2. The lowest BCUT2D eigenvalue weighted by molar-refractivity contribution is -0.146. The fourth-order valence-corrected chi connectivity index (χ4v) is 4.66. The molecule has 0 heterocycles. The lowest BCUT2D eigenvalue weighted by Gasteiger charge is -2.43. The van der Waals surface area contributed by atoms with E-state index in [2.05, 4.69) is 10.6 Å². The van der Waals surface area contributed by atoms with E-state index >= 15 is 0 Å². The van der Waals surface area contributed by atoms with E-state index in [0.29, 0.717) is 22.6 Å². The number of rotatable bonds is 9. The quantitative estimate of drug-likeness (QED) is 0.276. The molecule has 0 radical (unpaired) electrons. The molecular weight excluding hydrogens is 546 g/mol. The van der Waals surface area contributed by atoms with Crippen molar-refractivity contribution in [2.45, 2.75) is 78.1 Å². The van der Waals surface area contributed by atoms with Crippen LogP contribution in [-0.2, 0) is 20.7 Å². The monoisotopic (exact) mass is 589 g/mol. The number of carbonyl (C=O) groups is 3. The summed E-state index contributed by atoms with van der Waals surface area (Å²) in [6, 6.07) is 18.8. The number of carbonyl (C=O) groups excluding carboxylic acids is 3. The van der Waals surface area contributed by atoms with Crippen LogP contribution in [0, 0.1) is 6.92 Å². The zero-order chi connectivity index (χ0) is 31.9. The summed E-state index contributed by atoms with van der Waals surface area (Å²) in [6.45, 7) is 12.5. The number of hydrogen-bond donors (Lipinski definition) is 3. The Bertz CT molecular complexity index is 1410. The number of hydrogen-bond acceptors (Lipinski definition) is 6. The lowest BCUT2D eigenvalue weighted by Crippen LogP contribution is -2.58. The largest absolute Gasteiger partial charge is 0.508 e. The van der Waals surface area contributed by atoms with E-state index in [1.807, 2.05) is 51.1 Å². The van der Waals surface area contributed by atoms with Crippen molar-refractivity contribution in [1.82, 2.24) is 10.2 Å². The van der Waals surface area contributed by atoms with E-state index in [0.717, 1.165) is 5.56 Å². The maximum atomic E-state index is 14.6. The number of benzene rings is 3. The third-order valence-corrected chi connectivity index (χ3v) is 6.63. The topological polar surface area (TPSA) is 117 Å². The number of aryl methyl sites for hydroxylation is 1. The van der Waals surface area contributed by atoms with Crippen LogP contribution >= 0.6 is 0 Å². The van der Waals surface area contributed by atoms with Crippen LogP contribution in [0.15, 0.2) is 72.8 Å². The van der Waals surface area contributed by atoms with Gasteiger partial charge in [-0.25, -0.2) is 4.79 Å². The van der Waals surface area contributed by atoms with Gasteiger partial charge in [0.05, 0.1) is 7.11 Å². The first-order valence-corrected chi connectivity index (χ1v) is 14.2. The van der Waals surface area contributed by atoms with Gasteiger partial charge in [-0.15, -0.1) is 0 Å². The highest BCUT2D eigenvalue weighted by molar-refractivity contribution is 5.99. The van der Waals surface area contributed by atoms with Crippen LogP contribution in [0.5, 0.6) is 11.5 Å². The minimum atomic E-state index is -1.12. The fourth-order valence-electron chi connectivity index (χ4n) is 4.66. The molecular formula is C34H43N3O6. The summed E-state index contributed by atoms with van der Waals surface area (Å²) in [5.74, 6) is -0.232. The molecule has 0 fully saturated rings. The molecule has 43 heavy (non-hydrogen) atoms. The van der Waals surface area contributed by atoms with Crippen LogP contribution < -0.4 is 15.4 Å². The molecule has 0 spiro atoms. The Labute approximate surface area is 254 Å². The molecule has 0 aliphatic rings. The van der Waals surface area contributed by atoms with Gasteiger partial charge < -0.3 is 30.1 Å². The number of amides is 3.